The number of benzene rings is 1. The molecule has 1 unspecified atom stereocenters. The highest BCUT2D eigenvalue weighted by Gasteiger charge is 2.33. The summed E-state index contributed by atoms with van der Waals surface area (Å²) in [7, 11) is 6.30. The second-order valence-corrected chi connectivity index (χ2v) is 10.2. The Bertz CT molecular complexity index is 905. The number of nitrogens with zero attached hydrogens (tertiary/aromatic N) is 4. The Balaban J connectivity index is 1.72. The summed E-state index contributed by atoms with van der Waals surface area (Å²) in [4.78, 5) is 9.04. The predicted octanol–water partition coefficient (Wildman–Crippen LogP) is 5.11. The van der Waals surface area contributed by atoms with Crippen LogP contribution in [0.15, 0.2) is 40.5 Å². The van der Waals surface area contributed by atoms with Gasteiger partial charge in [-0.15, -0.1) is 8.78 Å². The van der Waals surface area contributed by atoms with Gasteiger partial charge in [0.15, 0.2) is 0 Å². The molecule has 0 N–H and O–H groups in total. The zero-order valence-corrected chi connectivity index (χ0v) is 21.0. The van der Waals surface area contributed by atoms with Gasteiger partial charge >= 0.3 is 5.57 Å². The van der Waals surface area contributed by atoms with E-state index in [1.165, 1.54) is 12.0 Å². The van der Waals surface area contributed by atoms with Crippen LogP contribution < -0.4 is 14.5 Å². The fraction of sp³-hybridized carbons (Fsp3) is 0.565. The van der Waals surface area contributed by atoms with Crippen LogP contribution in [0.4, 0.5) is 20.2 Å². The summed E-state index contributed by atoms with van der Waals surface area (Å²) >= 11 is 8.64. The van der Waals surface area contributed by atoms with Gasteiger partial charge in [0.2, 0.25) is 0 Å². The zero-order valence-electron chi connectivity index (χ0n) is 18.7. The molecule has 1 aromatic carbocycles. The molecule has 9 heteroatoms. The van der Waals surface area contributed by atoms with E-state index in [2.05, 4.69) is 75.0 Å². The second kappa shape index (κ2) is 9.49. The third-order valence-corrected chi connectivity index (χ3v) is 7.47. The first-order chi connectivity index (χ1) is 15.1. The van der Waals surface area contributed by atoms with Crippen molar-refractivity contribution < 1.29 is 13.5 Å². The monoisotopic (exact) mass is 530 g/mol. The normalized spacial score (nSPS) is 24.6. The Morgan fingerprint density at radius 1 is 1.22 bits per heavy atom. The molecule has 4 rings (SSSR count). The van der Waals surface area contributed by atoms with Crippen LogP contribution >= 0.6 is 27.5 Å². The van der Waals surface area contributed by atoms with Crippen LogP contribution in [0.5, 0.6) is 5.75 Å². The zero-order chi connectivity index (χ0) is 23.0. The molecule has 32 heavy (non-hydrogen) atoms. The number of anilines is 2. The summed E-state index contributed by atoms with van der Waals surface area (Å²) in [6.07, 6.45) is 9.93. The van der Waals surface area contributed by atoms with E-state index in [1.807, 2.05) is 6.07 Å². The number of likely N-dealkylation sites (N-methyl/N-ethyl adjacent to an activating group) is 2. The van der Waals surface area contributed by atoms with Gasteiger partial charge in [0.05, 0.1) is 15.8 Å². The first kappa shape index (κ1) is 23.8. The maximum atomic E-state index is 13.4. The molecule has 1 aromatic rings. The Labute approximate surface area is 202 Å². The van der Waals surface area contributed by atoms with Crippen molar-refractivity contribution in [3.05, 3.63) is 40.5 Å². The molecule has 3 aliphatic heterocycles. The molecule has 0 spiro atoms. The van der Waals surface area contributed by atoms with Crippen LogP contribution in [0.2, 0.25) is 0 Å². The summed E-state index contributed by atoms with van der Waals surface area (Å²) in [5, 5.41) is 0. The van der Waals surface area contributed by atoms with Crippen LogP contribution in [-0.2, 0) is 0 Å². The van der Waals surface area contributed by atoms with Crippen molar-refractivity contribution in [2.75, 3.05) is 57.1 Å². The van der Waals surface area contributed by atoms with Crippen LogP contribution in [-0.4, -0.2) is 74.8 Å². The minimum Gasteiger partial charge on any atom is -0.419 e. The van der Waals surface area contributed by atoms with E-state index in [4.69, 9.17) is 16.3 Å². The van der Waals surface area contributed by atoms with E-state index < -0.39 is 5.57 Å². The molecular formula is C23H30BrClF2N4O. The van der Waals surface area contributed by atoms with Crippen LogP contribution in [0, 0.1) is 0 Å². The largest absolute Gasteiger partial charge is 0.487 e. The van der Waals surface area contributed by atoms with Crippen molar-refractivity contribution in [1.82, 2.24) is 9.80 Å². The van der Waals surface area contributed by atoms with Crippen molar-refractivity contribution >= 4 is 38.9 Å². The lowest BCUT2D eigenvalue weighted by Gasteiger charge is -2.33. The molecule has 0 bridgehead atoms. The van der Waals surface area contributed by atoms with Gasteiger partial charge in [0.1, 0.15) is 5.75 Å². The number of likely N-dealkylation sites (tertiary alicyclic amines) is 1. The average Bonchev–Trinajstić information content (AvgIpc) is 3.38. The maximum Gasteiger partial charge on any atom is 0.487 e. The maximum absolute atomic E-state index is 13.4. The summed E-state index contributed by atoms with van der Waals surface area (Å²) in [6, 6.07) is 4.22. The molecular weight excluding hydrogens is 502 g/mol. The molecule has 0 saturated carbocycles. The molecule has 3 aliphatic rings. The third-order valence-electron chi connectivity index (χ3n) is 6.63. The summed E-state index contributed by atoms with van der Waals surface area (Å²) in [5.41, 5.74) is -0.673. The average molecular weight is 532 g/mol. The number of ether oxygens (including phenoxy) is 1. The Hall–Kier alpha value is -1.35. The number of hydrogen-bond donors (Lipinski definition) is 0. The Kier molecular flexibility index (Phi) is 7.05. The molecule has 2 saturated heterocycles. The van der Waals surface area contributed by atoms with E-state index in [0.29, 0.717) is 16.6 Å². The van der Waals surface area contributed by atoms with E-state index >= 15 is 0 Å². The number of rotatable bonds is 6. The van der Waals surface area contributed by atoms with Gasteiger partial charge in [-0.05, 0) is 80.6 Å². The van der Waals surface area contributed by atoms with Gasteiger partial charge in [-0.3, -0.25) is 4.90 Å². The van der Waals surface area contributed by atoms with Crippen molar-refractivity contribution in [1.29, 1.82) is 0 Å². The number of halogens is 4. The Morgan fingerprint density at radius 3 is 2.62 bits per heavy atom. The fourth-order valence-electron chi connectivity index (χ4n) is 4.91. The Morgan fingerprint density at radius 2 is 2.00 bits per heavy atom. The molecule has 0 aliphatic carbocycles. The summed E-state index contributed by atoms with van der Waals surface area (Å²) in [6.45, 7) is 3.47. The fourth-order valence-corrected chi connectivity index (χ4v) is 5.66. The molecule has 2 atom stereocenters. The van der Waals surface area contributed by atoms with Gasteiger partial charge in [0, 0.05) is 49.5 Å². The van der Waals surface area contributed by atoms with Crippen molar-refractivity contribution in [2.45, 2.75) is 36.9 Å². The van der Waals surface area contributed by atoms with Gasteiger partial charge in [0.25, 0.3) is 0 Å². The highest BCUT2D eigenvalue weighted by molar-refractivity contribution is 9.10. The molecule has 0 radical (unpaired) electrons. The molecule has 0 aromatic heterocycles. The minimum absolute atomic E-state index is 0.0318. The SMILES string of the molecule is CN(C)C1CCN(c2c(N3C=C([C@H]4CCCN4C)C=CC3)ccc(OC(F)(F)Cl)c2Br)C1. The lowest BCUT2D eigenvalue weighted by molar-refractivity contribution is -0.0968. The predicted molar refractivity (Wildman–Crippen MR) is 130 cm³/mol. The molecule has 2 fully saturated rings. The molecule has 0 amide bonds. The number of hydrogen-bond acceptors (Lipinski definition) is 5. The lowest BCUT2D eigenvalue weighted by atomic mass is 10.0. The quantitative estimate of drug-likeness (QED) is 0.475. The van der Waals surface area contributed by atoms with E-state index in [1.54, 1.807) is 6.07 Å². The first-order valence-electron chi connectivity index (χ1n) is 11.0. The van der Waals surface area contributed by atoms with Gasteiger partial charge in [-0.1, -0.05) is 12.2 Å². The van der Waals surface area contributed by atoms with Gasteiger partial charge in [-0.2, -0.15) is 0 Å². The van der Waals surface area contributed by atoms with Crippen LogP contribution in [0.25, 0.3) is 0 Å². The second-order valence-electron chi connectivity index (χ2n) is 8.97. The summed E-state index contributed by atoms with van der Waals surface area (Å²) in [5.74, 6) is 0.0318. The minimum atomic E-state index is -3.77. The first-order valence-corrected chi connectivity index (χ1v) is 12.2. The molecule has 176 valence electrons. The lowest BCUT2D eigenvalue weighted by Crippen LogP contribution is -2.33. The van der Waals surface area contributed by atoms with Crippen LogP contribution in [0.3, 0.4) is 0 Å². The summed E-state index contributed by atoms with van der Waals surface area (Å²) < 4.78 is 32.2. The van der Waals surface area contributed by atoms with Crippen LogP contribution in [0.1, 0.15) is 19.3 Å². The van der Waals surface area contributed by atoms with Crippen molar-refractivity contribution in [3.8, 4) is 5.75 Å². The van der Waals surface area contributed by atoms with E-state index in [-0.39, 0.29) is 5.75 Å². The van der Waals surface area contributed by atoms with E-state index in [9.17, 15) is 8.78 Å². The topological polar surface area (TPSA) is 22.2 Å². The van der Waals surface area contributed by atoms with E-state index in [0.717, 1.165) is 50.4 Å². The van der Waals surface area contributed by atoms with Crippen molar-refractivity contribution in [3.63, 3.8) is 0 Å². The van der Waals surface area contributed by atoms with Gasteiger partial charge in [-0.25, -0.2) is 0 Å². The standard InChI is InChI=1S/C23H30BrClF2N4O/c1-28(2)17-10-13-31(15-17)22-19(8-9-20(21(22)24)32-23(25,26)27)30-12-4-6-16(14-30)18-7-5-11-29(18)3/h4,6,8-9,14,17-18H,5,7,10-13,15H2,1-3H3/t17?,18-/m1/s1. The van der Waals surface area contributed by atoms with Gasteiger partial charge < -0.3 is 19.4 Å². The highest BCUT2D eigenvalue weighted by atomic mass is 79.9. The van der Waals surface area contributed by atoms with Crippen molar-refractivity contribution in [2.24, 2.45) is 0 Å². The molecule has 3 heterocycles. The smallest absolute Gasteiger partial charge is 0.419 e. The third kappa shape index (κ3) is 5.08. The molecule has 5 nitrogen and oxygen atoms in total. The number of alkyl halides is 3. The highest BCUT2D eigenvalue weighted by Crippen LogP contribution is 2.46.